The van der Waals surface area contributed by atoms with E-state index in [0.29, 0.717) is 13.1 Å². The van der Waals surface area contributed by atoms with Gasteiger partial charge in [-0.05, 0) is 27.7 Å². The molecule has 0 aromatic rings. The maximum atomic E-state index is 11.9. The van der Waals surface area contributed by atoms with E-state index >= 15 is 0 Å². The van der Waals surface area contributed by atoms with Gasteiger partial charge in [-0.3, -0.25) is 4.79 Å². The summed E-state index contributed by atoms with van der Waals surface area (Å²) < 4.78 is 5.59. The molecule has 0 aromatic carbocycles. The summed E-state index contributed by atoms with van der Waals surface area (Å²) >= 11 is 0. The summed E-state index contributed by atoms with van der Waals surface area (Å²) in [5.41, 5.74) is -1.88. The molecule has 94 valence electrons. The summed E-state index contributed by atoms with van der Waals surface area (Å²) in [6.45, 7) is 7.27. The molecule has 2 N–H and O–H groups in total. The summed E-state index contributed by atoms with van der Waals surface area (Å²) in [5.74, 6) is -0.331. The van der Waals surface area contributed by atoms with E-state index in [1.54, 1.807) is 4.90 Å². The van der Waals surface area contributed by atoms with Crippen molar-refractivity contribution in [1.82, 2.24) is 4.90 Å². The van der Waals surface area contributed by atoms with Crippen LogP contribution < -0.4 is 0 Å². The van der Waals surface area contributed by atoms with E-state index in [1.165, 1.54) is 13.8 Å². The fourth-order valence-corrected chi connectivity index (χ4v) is 1.93. The van der Waals surface area contributed by atoms with E-state index in [4.69, 9.17) is 9.84 Å². The number of carbonyl (C=O) groups is 1. The molecule has 1 aliphatic rings. The van der Waals surface area contributed by atoms with Crippen molar-refractivity contribution in [2.24, 2.45) is 0 Å². The van der Waals surface area contributed by atoms with Crippen molar-refractivity contribution in [2.75, 3.05) is 19.7 Å². The van der Waals surface area contributed by atoms with Gasteiger partial charge in [0.15, 0.2) is 0 Å². The Morgan fingerprint density at radius 2 is 2.12 bits per heavy atom. The molecule has 0 saturated carbocycles. The fraction of sp³-hybridized carbons (Fsp3) is 0.909. The summed E-state index contributed by atoms with van der Waals surface area (Å²) in [6.07, 6.45) is -0.380. The van der Waals surface area contributed by atoms with Gasteiger partial charge in [-0.25, -0.2) is 0 Å². The van der Waals surface area contributed by atoms with Crippen LogP contribution in [0, 0.1) is 0 Å². The minimum Gasteiger partial charge on any atom is -0.394 e. The van der Waals surface area contributed by atoms with Gasteiger partial charge in [0.2, 0.25) is 0 Å². The van der Waals surface area contributed by atoms with E-state index in [0.717, 1.165) is 0 Å². The van der Waals surface area contributed by atoms with Crippen LogP contribution in [0.5, 0.6) is 0 Å². The first kappa shape index (κ1) is 13.4. The van der Waals surface area contributed by atoms with Crippen molar-refractivity contribution < 1.29 is 19.7 Å². The Morgan fingerprint density at radius 1 is 1.56 bits per heavy atom. The Morgan fingerprint density at radius 3 is 2.56 bits per heavy atom. The number of carbonyl (C=O) groups excluding carboxylic acids is 1. The molecule has 1 fully saturated rings. The number of aliphatic hydroxyl groups excluding tert-OH is 1. The van der Waals surface area contributed by atoms with Gasteiger partial charge in [0.1, 0.15) is 5.60 Å². The molecule has 1 heterocycles. The van der Waals surface area contributed by atoms with E-state index in [9.17, 15) is 9.90 Å². The van der Waals surface area contributed by atoms with Crippen molar-refractivity contribution in [3.8, 4) is 0 Å². The molecule has 0 bridgehead atoms. The maximum absolute atomic E-state index is 11.9. The van der Waals surface area contributed by atoms with E-state index in [1.807, 2.05) is 13.8 Å². The Labute approximate surface area is 96.0 Å². The second kappa shape index (κ2) is 4.31. The molecule has 1 saturated heterocycles. The van der Waals surface area contributed by atoms with Gasteiger partial charge in [-0.2, -0.15) is 0 Å². The van der Waals surface area contributed by atoms with Crippen LogP contribution in [0.25, 0.3) is 0 Å². The van der Waals surface area contributed by atoms with E-state index in [-0.39, 0.29) is 18.6 Å². The fourth-order valence-electron chi connectivity index (χ4n) is 1.93. The topological polar surface area (TPSA) is 70.0 Å². The zero-order valence-electron chi connectivity index (χ0n) is 10.4. The number of ether oxygens (including phenoxy) is 1. The highest BCUT2D eigenvalue weighted by Crippen LogP contribution is 2.22. The van der Waals surface area contributed by atoms with E-state index in [2.05, 4.69) is 0 Å². The molecule has 5 nitrogen and oxygen atoms in total. The monoisotopic (exact) mass is 231 g/mol. The van der Waals surface area contributed by atoms with Gasteiger partial charge in [-0.15, -0.1) is 0 Å². The van der Waals surface area contributed by atoms with Gasteiger partial charge in [0, 0.05) is 13.1 Å². The molecular formula is C11H21NO4. The zero-order chi connectivity index (χ0) is 12.6. The predicted octanol–water partition coefficient (Wildman–Crippen LogP) is -0.244. The lowest BCUT2D eigenvalue weighted by Crippen LogP contribution is -2.59. The minimum absolute atomic E-state index is 0.126. The van der Waals surface area contributed by atoms with Gasteiger partial charge >= 0.3 is 0 Å². The van der Waals surface area contributed by atoms with Crippen LogP contribution >= 0.6 is 0 Å². The standard InChI is InChI=1S/C11H21NO4/c1-10(2)7-12(5-8(6-13)16-10)9(14)11(3,4)15/h8,13,15H,5-7H2,1-4H3. The van der Waals surface area contributed by atoms with Crippen molar-refractivity contribution in [3.05, 3.63) is 0 Å². The normalized spacial score (nSPS) is 25.6. The molecular weight excluding hydrogens is 210 g/mol. The quantitative estimate of drug-likeness (QED) is 0.688. The molecule has 0 aliphatic carbocycles. The molecule has 1 aliphatic heterocycles. The molecule has 1 rings (SSSR count). The van der Waals surface area contributed by atoms with Gasteiger partial charge in [0.05, 0.1) is 18.3 Å². The second-order valence-electron chi connectivity index (χ2n) is 5.43. The SMILES string of the molecule is CC1(C)CN(C(=O)C(C)(C)O)CC(CO)O1. The first-order valence-electron chi connectivity index (χ1n) is 5.46. The molecule has 1 amide bonds. The summed E-state index contributed by atoms with van der Waals surface area (Å²) in [4.78, 5) is 13.5. The number of hydrogen-bond acceptors (Lipinski definition) is 4. The van der Waals surface area contributed by atoms with E-state index < -0.39 is 11.2 Å². The van der Waals surface area contributed by atoms with Crippen molar-refractivity contribution in [2.45, 2.75) is 45.0 Å². The first-order chi connectivity index (χ1) is 7.15. The average Bonchev–Trinajstić information content (AvgIpc) is 2.12. The number of amides is 1. The maximum Gasteiger partial charge on any atom is 0.254 e. The van der Waals surface area contributed by atoms with Crippen molar-refractivity contribution in [1.29, 1.82) is 0 Å². The Hall–Kier alpha value is -0.650. The molecule has 0 spiro atoms. The van der Waals surface area contributed by atoms with Gasteiger partial charge < -0.3 is 19.8 Å². The lowest BCUT2D eigenvalue weighted by atomic mass is 10.0. The lowest BCUT2D eigenvalue weighted by Gasteiger charge is -2.43. The third kappa shape index (κ3) is 3.17. The number of rotatable bonds is 2. The molecule has 5 heteroatoms. The molecule has 0 radical (unpaired) electrons. The number of nitrogens with zero attached hydrogens (tertiary/aromatic N) is 1. The Balaban J connectivity index is 2.78. The Bertz CT molecular complexity index is 270. The zero-order valence-corrected chi connectivity index (χ0v) is 10.4. The van der Waals surface area contributed by atoms with Crippen LogP contribution in [0.4, 0.5) is 0 Å². The third-order valence-electron chi connectivity index (χ3n) is 2.50. The highest BCUT2D eigenvalue weighted by atomic mass is 16.5. The molecule has 1 unspecified atom stereocenters. The first-order valence-corrected chi connectivity index (χ1v) is 5.46. The number of aliphatic hydroxyl groups is 2. The summed E-state index contributed by atoms with van der Waals surface area (Å²) in [5, 5.41) is 18.8. The van der Waals surface area contributed by atoms with Crippen LogP contribution in [-0.4, -0.2) is 58.0 Å². The molecule has 16 heavy (non-hydrogen) atoms. The summed E-state index contributed by atoms with van der Waals surface area (Å²) in [7, 11) is 0. The van der Waals surface area contributed by atoms with Crippen LogP contribution in [-0.2, 0) is 9.53 Å². The van der Waals surface area contributed by atoms with Crippen LogP contribution in [0.3, 0.4) is 0 Å². The van der Waals surface area contributed by atoms with Crippen LogP contribution in [0.15, 0.2) is 0 Å². The lowest BCUT2D eigenvalue weighted by molar-refractivity contribution is -0.177. The number of morpholine rings is 1. The largest absolute Gasteiger partial charge is 0.394 e. The van der Waals surface area contributed by atoms with Crippen molar-refractivity contribution >= 4 is 5.91 Å². The van der Waals surface area contributed by atoms with Gasteiger partial charge in [-0.1, -0.05) is 0 Å². The average molecular weight is 231 g/mol. The highest BCUT2D eigenvalue weighted by molar-refractivity contribution is 5.84. The van der Waals surface area contributed by atoms with Crippen molar-refractivity contribution in [3.63, 3.8) is 0 Å². The van der Waals surface area contributed by atoms with Gasteiger partial charge in [0.25, 0.3) is 5.91 Å². The highest BCUT2D eigenvalue weighted by Gasteiger charge is 2.39. The Kier molecular flexibility index (Phi) is 3.62. The predicted molar refractivity (Wildman–Crippen MR) is 58.9 cm³/mol. The smallest absolute Gasteiger partial charge is 0.254 e. The van der Waals surface area contributed by atoms with Crippen LogP contribution in [0.2, 0.25) is 0 Å². The minimum atomic E-state index is -1.38. The summed E-state index contributed by atoms with van der Waals surface area (Å²) in [6, 6.07) is 0. The molecule has 0 aromatic heterocycles. The van der Waals surface area contributed by atoms with Crippen LogP contribution in [0.1, 0.15) is 27.7 Å². The molecule has 1 atom stereocenters. The third-order valence-corrected chi connectivity index (χ3v) is 2.50. The second-order valence-corrected chi connectivity index (χ2v) is 5.43. The number of hydrogen-bond donors (Lipinski definition) is 2.